The molecule has 76 valence electrons. The largest absolute Gasteiger partial charge is 0.321 e. The molecule has 1 heterocycles. The average Bonchev–Trinajstić information content (AvgIpc) is 3.00. The maximum absolute atomic E-state index is 11.6. The summed E-state index contributed by atoms with van der Waals surface area (Å²) in [4.78, 5) is 26.9. The van der Waals surface area contributed by atoms with Crippen molar-refractivity contribution in [3.63, 3.8) is 0 Å². The van der Waals surface area contributed by atoms with E-state index in [-0.39, 0.29) is 18.2 Å². The molecule has 4 nitrogen and oxygen atoms in total. The molecule has 0 N–H and O–H groups in total. The van der Waals surface area contributed by atoms with E-state index >= 15 is 0 Å². The van der Waals surface area contributed by atoms with Gasteiger partial charge >= 0.3 is 0 Å². The topological polar surface area (TPSA) is 40.6 Å². The van der Waals surface area contributed by atoms with Gasteiger partial charge in [0.25, 0.3) is 0 Å². The molecule has 0 aromatic carbocycles. The first-order chi connectivity index (χ1) is 6.75. The lowest BCUT2D eigenvalue weighted by atomic mass is 10.2. The Balaban J connectivity index is 1.74. The van der Waals surface area contributed by atoms with Crippen molar-refractivity contribution < 1.29 is 9.59 Å². The van der Waals surface area contributed by atoms with Crippen molar-refractivity contribution in [2.45, 2.75) is 44.2 Å². The van der Waals surface area contributed by atoms with Crippen molar-refractivity contribution in [2.75, 3.05) is 6.67 Å². The van der Waals surface area contributed by atoms with Gasteiger partial charge in [-0.1, -0.05) is 0 Å². The van der Waals surface area contributed by atoms with Crippen molar-refractivity contribution in [3.8, 4) is 0 Å². The van der Waals surface area contributed by atoms with Gasteiger partial charge in [0.05, 0.1) is 6.67 Å². The minimum absolute atomic E-state index is 0.0365. The first-order valence-electron chi connectivity index (χ1n) is 5.34. The smallest absolute Gasteiger partial charge is 0.233 e. The van der Waals surface area contributed by atoms with E-state index in [0.717, 1.165) is 25.7 Å². The molecule has 0 aromatic rings. The fraction of sp³-hybridized carbons (Fsp3) is 0.800. The fourth-order valence-corrected chi connectivity index (χ4v) is 2.06. The molecular formula is C10H14N2O2. The zero-order valence-electron chi connectivity index (χ0n) is 8.11. The van der Waals surface area contributed by atoms with Gasteiger partial charge in [0.1, 0.15) is 6.42 Å². The SMILES string of the molecule is O=C1CC(=O)N(C2CC2)CN1C1CC1. The molecule has 2 saturated carbocycles. The first kappa shape index (κ1) is 8.26. The second kappa shape index (κ2) is 2.72. The summed E-state index contributed by atoms with van der Waals surface area (Å²) in [5, 5.41) is 0. The molecule has 0 atom stereocenters. The molecule has 3 rings (SSSR count). The number of carbonyl (C=O) groups excluding carboxylic acids is 2. The van der Waals surface area contributed by atoms with Gasteiger partial charge < -0.3 is 9.80 Å². The van der Waals surface area contributed by atoms with Crippen LogP contribution in [0, 0.1) is 0 Å². The summed E-state index contributed by atoms with van der Waals surface area (Å²) in [6, 6.07) is 0.883. The van der Waals surface area contributed by atoms with Crippen molar-refractivity contribution in [2.24, 2.45) is 0 Å². The molecule has 1 saturated heterocycles. The van der Waals surface area contributed by atoms with Gasteiger partial charge in [-0.05, 0) is 25.7 Å². The summed E-state index contributed by atoms with van der Waals surface area (Å²) in [6.07, 6.45) is 4.60. The van der Waals surface area contributed by atoms with Crippen LogP contribution in [0.25, 0.3) is 0 Å². The molecule has 3 aliphatic rings. The van der Waals surface area contributed by atoms with Crippen LogP contribution in [0.4, 0.5) is 0 Å². The van der Waals surface area contributed by atoms with Crippen LogP contribution in [0.3, 0.4) is 0 Å². The van der Waals surface area contributed by atoms with Gasteiger partial charge in [0.2, 0.25) is 11.8 Å². The van der Waals surface area contributed by atoms with Gasteiger partial charge in [0, 0.05) is 12.1 Å². The maximum atomic E-state index is 11.6. The zero-order valence-corrected chi connectivity index (χ0v) is 8.11. The third-order valence-corrected chi connectivity index (χ3v) is 3.22. The van der Waals surface area contributed by atoms with E-state index in [9.17, 15) is 9.59 Å². The quantitative estimate of drug-likeness (QED) is 0.594. The first-order valence-corrected chi connectivity index (χ1v) is 5.34. The van der Waals surface area contributed by atoms with Crippen LogP contribution in [0.5, 0.6) is 0 Å². The maximum Gasteiger partial charge on any atom is 0.233 e. The van der Waals surface area contributed by atoms with Crippen LogP contribution >= 0.6 is 0 Å². The van der Waals surface area contributed by atoms with E-state index in [1.807, 2.05) is 9.80 Å². The van der Waals surface area contributed by atoms with Gasteiger partial charge in [-0.15, -0.1) is 0 Å². The Bertz CT molecular complexity index is 266. The van der Waals surface area contributed by atoms with E-state index in [0.29, 0.717) is 18.8 Å². The number of nitrogens with zero attached hydrogens (tertiary/aromatic N) is 2. The molecule has 1 aliphatic heterocycles. The molecule has 0 aromatic heterocycles. The Hall–Kier alpha value is -1.06. The molecule has 2 aliphatic carbocycles. The Kier molecular flexibility index (Phi) is 1.60. The van der Waals surface area contributed by atoms with Gasteiger partial charge in [-0.2, -0.15) is 0 Å². The minimum Gasteiger partial charge on any atom is -0.321 e. The van der Waals surface area contributed by atoms with Crippen molar-refractivity contribution in [3.05, 3.63) is 0 Å². The lowest BCUT2D eigenvalue weighted by molar-refractivity contribution is -0.152. The molecule has 4 heteroatoms. The lowest BCUT2D eigenvalue weighted by Crippen LogP contribution is -2.52. The molecule has 3 fully saturated rings. The van der Waals surface area contributed by atoms with Crippen LogP contribution in [0.2, 0.25) is 0 Å². The molecule has 0 unspecified atom stereocenters. The third-order valence-electron chi connectivity index (χ3n) is 3.22. The van der Waals surface area contributed by atoms with E-state index in [4.69, 9.17) is 0 Å². The van der Waals surface area contributed by atoms with Crippen LogP contribution < -0.4 is 0 Å². The minimum atomic E-state index is 0.0365. The Morgan fingerprint density at radius 3 is 1.64 bits per heavy atom. The highest BCUT2D eigenvalue weighted by Gasteiger charge is 2.43. The van der Waals surface area contributed by atoms with Crippen LogP contribution in [0.15, 0.2) is 0 Å². The number of hydrogen-bond donors (Lipinski definition) is 0. The average molecular weight is 194 g/mol. The summed E-state index contributed by atoms with van der Waals surface area (Å²) in [6.45, 7) is 0.562. The highest BCUT2D eigenvalue weighted by molar-refractivity contribution is 5.99. The van der Waals surface area contributed by atoms with Gasteiger partial charge in [0.15, 0.2) is 0 Å². The van der Waals surface area contributed by atoms with Crippen LogP contribution in [-0.4, -0.2) is 40.4 Å². The van der Waals surface area contributed by atoms with E-state index in [1.165, 1.54) is 0 Å². The van der Waals surface area contributed by atoms with Crippen molar-refractivity contribution in [1.82, 2.24) is 9.80 Å². The summed E-state index contributed by atoms with van der Waals surface area (Å²) >= 11 is 0. The number of rotatable bonds is 2. The second-order valence-electron chi connectivity index (χ2n) is 4.51. The molecule has 0 bridgehead atoms. The zero-order chi connectivity index (χ0) is 9.71. The summed E-state index contributed by atoms with van der Waals surface area (Å²) in [5.41, 5.74) is 0. The number of hydrogen-bond acceptors (Lipinski definition) is 2. The highest BCUT2D eigenvalue weighted by Crippen LogP contribution is 2.34. The van der Waals surface area contributed by atoms with Crippen LogP contribution in [-0.2, 0) is 9.59 Å². The van der Waals surface area contributed by atoms with Gasteiger partial charge in [-0.25, -0.2) is 0 Å². The standard InChI is InChI=1S/C10H14N2O2/c13-9-5-10(14)12(8-3-4-8)6-11(9)7-1-2-7/h7-8H,1-6H2. The van der Waals surface area contributed by atoms with E-state index in [1.54, 1.807) is 0 Å². The molecular weight excluding hydrogens is 180 g/mol. The summed E-state index contributed by atoms with van der Waals surface area (Å²) < 4.78 is 0. The van der Waals surface area contributed by atoms with Gasteiger partial charge in [-0.3, -0.25) is 9.59 Å². The number of amides is 2. The fourth-order valence-electron chi connectivity index (χ4n) is 2.06. The monoisotopic (exact) mass is 194 g/mol. The normalized spacial score (nSPS) is 28.6. The molecule has 14 heavy (non-hydrogen) atoms. The highest BCUT2D eigenvalue weighted by atomic mass is 16.2. The number of carbonyl (C=O) groups is 2. The second-order valence-corrected chi connectivity index (χ2v) is 4.51. The van der Waals surface area contributed by atoms with Crippen LogP contribution in [0.1, 0.15) is 32.1 Å². The molecule has 2 amide bonds. The third kappa shape index (κ3) is 1.29. The van der Waals surface area contributed by atoms with E-state index < -0.39 is 0 Å². The summed E-state index contributed by atoms with van der Waals surface area (Å²) in [7, 11) is 0. The predicted octanol–water partition coefficient (Wildman–Crippen LogP) is 0.330. The van der Waals surface area contributed by atoms with Crippen molar-refractivity contribution >= 4 is 11.8 Å². The Morgan fingerprint density at radius 2 is 1.29 bits per heavy atom. The molecule has 0 radical (unpaired) electrons. The predicted molar refractivity (Wildman–Crippen MR) is 49.2 cm³/mol. The molecule has 0 spiro atoms. The Labute approximate surface area is 82.8 Å². The van der Waals surface area contributed by atoms with Crippen molar-refractivity contribution in [1.29, 1.82) is 0 Å². The van der Waals surface area contributed by atoms with E-state index in [2.05, 4.69) is 0 Å². The Morgan fingerprint density at radius 1 is 0.857 bits per heavy atom. The summed E-state index contributed by atoms with van der Waals surface area (Å²) in [5.74, 6) is 0.0730. The lowest BCUT2D eigenvalue weighted by Gasteiger charge is -2.35.